The van der Waals surface area contributed by atoms with Gasteiger partial charge < -0.3 is 14.3 Å². The lowest BCUT2D eigenvalue weighted by atomic mass is 9.94. The van der Waals surface area contributed by atoms with E-state index in [1.807, 2.05) is 24.3 Å². The van der Waals surface area contributed by atoms with Crippen LogP contribution in [0.3, 0.4) is 0 Å². The number of fused-ring (bicyclic) bond motifs is 4. The molecule has 2 aromatic heterocycles. The summed E-state index contributed by atoms with van der Waals surface area (Å²) in [6.07, 6.45) is 1.80. The Hall–Kier alpha value is -4.73. The first-order valence-corrected chi connectivity index (χ1v) is 11.1. The van der Waals surface area contributed by atoms with Crippen LogP contribution in [0.2, 0.25) is 0 Å². The summed E-state index contributed by atoms with van der Waals surface area (Å²) in [6.45, 7) is 0.210. The lowest BCUT2D eigenvalue weighted by molar-refractivity contribution is -0.384. The Labute approximate surface area is 198 Å². The van der Waals surface area contributed by atoms with Crippen LogP contribution < -0.4 is 0 Å². The third kappa shape index (κ3) is 3.55. The number of hydrazone groups is 1. The highest BCUT2D eigenvalue weighted by Crippen LogP contribution is 2.32. The smallest absolute Gasteiger partial charge is 0.270 e. The van der Waals surface area contributed by atoms with Gasteiger partial charge in [-0.2, -0.15) is 5.10 Å². The summed E-state index contributed by atoms with van der Waals surface area (Å²) < 4.78 is 5.74. The number of furan rings is 1. The van der Waals surface area contributed by atoms with Crippen molar-refractivity contribution in [1.29, 1.82) is 0 Å². The Bertz CT molecular complexity index is 1530. The number of nitro groups is 1. The first-order valence-electron chi connectivity index (χ1n) is 11.1. The van der Waals surface area contributed by atoms with Gasteiger partial charge in [0.1, 0.15) is 24.1 Å². The second-order valence-corrected chi connectivity index (χ2v) is 8.52. The van der Waals surface area contributed by atoms with Gasteiger partial charge in [0.15, 0.2) is 0 Å². The van der Waals surface area contributed by atoms with E-state index in [1.54, 1.807) is 29.2 Å². The predicted octanol–water partition coefficient (Wildman–Crippen LogP) is 3.47. The topological polar surface area (TPSA) is 125 Å². The monoisotopic (exact) mass is 469 g/mol. The first kappa shape index (κ1) is 20.8. The molecule has 2 amide bonds. The minimum Gasteiger partial charge on any atom is -0.455 e. The van der Waals surface area contributed by atoms with Crippen LogP contribution in [0.15, 0.2) is 70.2 Å². The summed E-state index contributed by atoms with van der Waals surface area (Å²) in [5.41, 5.74) is 3.52. The highest BCUT2D eigenvalue weighted by Gasteiger charge is 2.43. The molecule has 0 aliphatic carbocycles. The van der Waals surface area contributed by atoms with Crippen molar-refractivity contribution in [2.75, 3.05) is 6.54 Å². The number of carbonyl (C=O) groups excluding carboxylic acids is 2. The molecule has 4 aromatic rings. The average molecular weight is 469 g/mol. The van der Waals surface area contributed by atoms with Gasteiger partial charge in [0, 0.05) is 40.7 Å². The van der Waals surface area contributed by atoms with Crippen molar-refractivity contribution in [3.8, 4) is 11.3 Å². The number of nitrogens with zero attached hydrogens (tertiary/aromatic N) is 4. The first-order chi connectivity index (χ1) is 17.0. The highest BCUT2D eigenvalue weighted by atomic mass is 16.6. The molecule has 0 spiro atoms. The fourth-order valence-electron chi connectivity index (χ4n) is 4.73. The number of piperazine rings is 1. The normalized spacial score (nSPS) is 17.8. The van der Waals surface area contributed by atoms with E-state index >= 15 is 0 Å². The van der Waals surface area contributed by atoms with Crippen molar-refractivity contribution < 1.29 is 18.9 Å². The Morgan fingerprint density at radius 3 is 2.80 bits per heavy atom. The van der Waals surface area contributed by atoms with Gasteiger partial charge in [-0.3, -0.25) is 19.7 Å². The van der Waals surface area contributed by atoms with Crippen LogP contribution in [0, 0.1) is 10.1 Å². The predicted molar refractivity (Wildman–Crippen MR) is 126 cm³/mol. The Morgan fingerprint density at radius 1 is 1.09 bits per heavy atom. The molecule has 0 radical (unpaired) electrons. The lowest BCUT2D eigenvalue weighted by Gasteiger charge is -2.40. The van der Waals surface area contributed by atoms with Gasteiger partial charge in [0.2, 0.25) is 5.91 Å². The number of nitrogens with one attached hydrogen (secondary N) is 1. The summed E-state index contributed by atoms with van der Waals surface area (Å²) in [7, 11) is 0. The number of nitro benzene ring substituents is 1. The van der Waals surface area contributed by atoms with Crippen LogP contribution in [0.4, 0.5) is 5.69 Å². The minimum atomic E-state index is -0.614. The van der Waals surface area contributed by atoms with E-state index in [1.165, 1.54) is 23.4 Å². The molecular formula is C25H19N5O5. The Kier molecular flexibility index (Phi) is 4.73. The molecule has 1 saturated heterocycles. The highest BCUT2D eigenvalue weighted by molar-refractivity contribution is 5.97. The number of benzene rings is 2. The van der Waals surface area contributed by atoms with E-state index in [2.05, 4.69) is 10.1 Å². The molecule has 2 aliphatic rings. The van der Waals surface area contributed by atoms with Crippen LogP contribution in [-0.4, -0.2) is 50.4 Å². The maximum atomic E-state index is 13.2. The molecule has 1 unspecified atom stereocenters. The van der Waals surface area contributed by atoms with Crippen LogP contribution in [0.1, 0.15) is 17.0 Å². The number of H-pyrrole nitrogens is 1. The number of hydrogen-bond donors (Lipinski definition) is 1. The molecule has 2 aliphatic heterocycles. The fourth-order valence-corrected chi connectivity index (χ4v) is 4.73. The number of carbonyl (C=O) groups is 2. The molecule has 10 nitrogen and oxygen atoms in total. The van der Waals surface area contributed by atoms with Crippen molar-refractivity contribution in [2.24, 2.45) is 5.10 Å². The van der Waals surface area contributed by atoms with E-state index < -0.39 is 11.0 Å². The van der Waals surface area contributed by atoms with Crippen LogP contribution in [0.5, 0.6) is 0 Å². The van der Waals surface area contributed by atoms with Gasteiger partial charge in [-0.25, -0.2) is 5.01 Å². The summed E-state index contributed by atoms with van der Waals surface area (Å²) >= 11 is 0. The summed E-state index contributed by atoms with van der Waals surface area (Å²) in [5, 5.41) is 17.5. The maximum Gasteiger partial charge on any atom is 0.270 e. The molecule has 0 bridgehead atoms. The fraction of sp³-hybridized carbons (Fsp3) is 0.160. The molecule has 6 rings (SSSR count). The summed E-state index contributed by atoms with van der Waals surface area (Å²) in [6, 6.07) is 16.7. The SMILES string of the molecule is O=C1C2Cc3c([nH]c4ccccc34)CN2C(=O)CN1N=Cc1ccc(-c2cccc([N+](=O)[O-])c2)o1. The number of para-hydroxylation sites is 1. The number of amides is 2. The van der Waals surface area contributed by atoms with Crippen LogP contribution in [0.25, 0.3) is 22.2 Å². The molecule has 1 fully saturated rings. The largest absolute Gasteiger partial charge is 0.455 e. The Morgan fingerprint density at radius 2 is 1.94 bits per heavy atom. The minimum absolute atomic E-state index is 0.0399. The summed E-state index contributed by atoms with van der Waals surface area (Å²) in [5.74, 6) is 0.369. The van der Waals surface area contributed by atoms with Crippen molar-refractivity contribution in [3.05, 3.63) is 87.8 Å². The molecule has 1 atom stereocenters. The van der Waals surface area contributed by atoms with Gasteiger partial charge in [-0.15, -0.1) is 0 Å². The lowest BCUT2D eigenvalue weighted by Crippen LogP contribution is -2.60. The second-order valence-electron chi connectivity index (χ2n) is 8.52. The molecule has 0 saturated carbocycles. The van der Waals surface area contributed by atoms with Crippen LogP contribution in [-0.2, 0) is 22.6 Å². The average Bonchev–Trinajstić information content (AvgIpc) is 3.49. The van der Waals surface area contributed by atoms with Gasteiger partial charge in [0.25, 0.3) is 11.6 Å². The molecule has 2 aromatic carbocycles. The van der Waals surface area contributed by atoms with Crippen molar-refractivity contribution in [3.63, 3.8) is 0 Å². The van der Waals surface area contributed by atoms with E-state index in [0.29, 0.717) is 30.0 Å². The molecule has 174 valence electrons. The molecule has 10 heteroatoms. The van der Waals surface area contributed by atoms with E-state index in [4.69, 9.17) is 4.42 Å². The number of aromatic nitrogens is 1. The third-order valence-corrected chi connectivity index (χ3v) is 6.44. The number of hydrogen-bond acceptors (Lipinski definition) is 6. The zero-order valence-electron chi connectivity index (χ0n) is 18.4. The van der Waals surface area contributed by atoms with Crippen molar-refractivity contribution in [2.45, 2.75) is 19.0 Å². The zero-order valence-corrected chi connectivity index (χ0v) is 18.4. The molecule has 4 heterocycles. The van der Waals surface area contributed by atoms with Gasteiger partial charge >= 0.3 is 0 Å². The van der Waals surface area contributed by atoms with Gasteiger partial charge in [-0.1, -0.05) is 30.3 Å². The number of aromatic amines is 1. The number of rotatable bonds is 4. The van der Waals surface area contributed by atoms with Crippen LogP contribution >= 0.6 is 0 Å². The third-order valence-electron chi connectivity index (χ3n) is 6.44. The van der Waals surface area contributed by atoms with Gasteiger partial charge in [-0.05, 0) is 23.8 Å². The van der Waals surface area contributed by atoms with Gasteiger partial charge in [0.05, 0.1) is 17.7 Å². The second kappa shape index (κ2) is 7.94. The Balaban J connectivity index is 1.23. The van der Waals surface area contributed by atoms with E-state index in [0.717, 1.165) is 22.2 Å². The zero-order chi connectivity index (χ0) is 24.1. The van der Waals surface area contributed by atoms with Crippen molar-refractivity contribution >= 4 is 34.6 Å². The quantitative estimate of drug-likeness (QED) is 0.278. The summed E-state index contributed by atoms with van der Waals surface area (Å²) in [4.78, 5) is 41.6. The standard InChI is InChI=1S/C25H19N5O5/c31-24-14-29(26-12-17-8-9-23(35-17)15-4-3-5-16(10-15)30(33)34)25(32)22-11-19-18-6-1-2-7-20(18)27-21(19)13-28(22)24/h1-10,12,22,27H,11,13-14H2. The molecule has 1 N–H and O–H groups in total. The van der Waals surface area contributed by atoms with Crippen molar-refractivity contribution in [1.82, 2.24) is 14.9 Å². The number of non-ortho nitro benzene ring substituents is 1. The van der Waals surface area contributed by atoms with E-state index in [9.17, 15) is 19.7 Å². The maximum absolute atomic E-state index is 13.2. The van der Waals surface area contributed by atoms with E-state index in [-0.39, 0.29) is 24.0 Å². The molecular weight excluding hydrogens is 450 g/mol. The molecule has 35 heavy (non-hydrogen) atoms.